The second-order valence-corrected chi connectivity index (χ2v) is 8.01. The third kappa shape index (κ3) is 10.5. The molecular weight excluding hydrogens is 480 g/mol. The van der Waals surface area contributed by atoms with E-state index in [9.17, 15) is 33.9 Å². The Morgan fingerprint density at radius 1 is 0.833 bits per heavy atom. The van der Waals surface area contributed by atoms with Gasteiger partial charge in [-0.2, -0.15) is 0 Å². The Morgan fingerprint density at radius 3 is 1.89 bits per heavy atom. The summed E-state index contributed by atoms with van der Waals surface area (Å²) in [5, 5.41) is 43.2. The SMILES string of the molecule is CC(O)C(NC(=O)C(CC(=O)O)NC(=O)C(Cc1ccccc1)NC(=O)C(N)CCC(=O)O)C(=O)O. The summed E-state index contributed by atoms with van der Waals surface area (Å²) in [5.74, 6) is -7.23. The van der Waals surface area contributed by atoms with E-state index in [0.29, 0.717) is 5.56 Å². The summed E-state index contributed by atoms with van der Waals surface area (Å²) in [6, 6.07) is 2.26. The Kier molecular flexibility index (Phi) is 12.0. The molecule has 3 amide bonds. The van der Waals surface area contributed by atoms with Crippen LogP contribution in [-0.2, 0) is 35.2 Å². The monoisotopic (exact) mass is 510 g/mol. The molecule has 0 radical (unpaired) electrons. The minimum Gasteiger partial charge on any atom is -0.481 e. The number of hydrogen-bond acceptors (Lipinski definition) is 8. The molecular formula is C22H30N4O10. The second-order valence-electron chi connectivity index (χ2n) is 8.01. The van der Waals surface area contributed by atoms with Gasteiger partial charge in [0.25, 0.3) is 0 Å². The zero-order chi connectivity index (χ0) is 27.4. The molecule has 14 nitrogen and oxygen atoms in total. The van der Waals surface area contributed by atoms with Gasteiger partial charge >= 0.3 is 17.9 Å². The molecule has 0 saturated carbocycles. The van der Waals surface area contributed by atoms with E-state index in [1.807, 2.05) is 5.32 Å². The predicted octanol–water partition coefficient (Wildman–Crippen LogP) is -2.18. The average molecular weight is 511 g/mol. The van der Waals surface area contributed by atoms with E-state index >= 15 is 0 Å². The summed E-state index contributed by atoms with van der Waals surface area (Å²) in [6.07, 6.45) is -3.13. The quantitative estimate of drug-likeness (QED) is 0.126. The van der Waals surface area contributed by atoms with Crippen molar-refractivity contribution in [2.75, 3.05) is 0 Å². The lowest BCUT2D eigenvalue weighted by atomic mass is 10.0. The summed E-state index contributed by atoms with van der Waals surface area (Å²) in [4.78, 5) is 71.3. The summed E-state index contributed by atoms with van der Waals surface area (Å²) in [6.45, 7) is 1.10. The number of carboxylic acid groups (broad SMARTS) is 3. The van der Waals surface area contributed by atoms with Crippen LogP contribution in [0.1, 0.15) is 31.7 Å². The number of benzene rings is 1. The highest BCUT2D eigenvalue weighted by Crippen LogP contribution is 2.07. The molecule has 0 aromatic heterocycles. The molecule has 9 N–H and O–H groups in total. The molecule has 0 fully saturated rings. The van der Waals surface area contributed by atoms with Crippen LogP contribution in [0, 0.1) is 0 Å². The van der Waals surface area contributed by atoms with Crippen molar-refractivity contribution in [1.29, 1.82) is 0 Å². The van der Waals surface area contributed by atoms with Gasteiger partial charge in [0.2, 0.25) is 17.7 Å². The zero-order valence-electron chi connectivity index (χ0n) is 19.4. The van der Waals surface area contributed by atoms with Gasteiger partial charge in [-0.1, -0.05) is 30.3 Å². The first kappa shape index (κ1) is 30.0. The first-order chi connectivity index (χ1) is 16.8. The average Bonchev–Trinajstić information content (AvgIpc) is 2.79. The maximum Gasteiger partial charge on any atom is 0.328 e. The Balaban J connectivity index is 3.10. The summed E-state index contributed by atoms with van der Waals surface area (Å²) >= 11 is 0. The van der Waals surface area contributed by atoms with Crippen molar-refractivity contribution in [1.82, 2.24) is 16.0 Å². The molecule has 198 valence electrons. The lowest BCUT2D eigenvalue weighted by molar-refractivity contribution is -0.146. The molecule has 0 heterocycles. The van der Waals surface area contributed by atoms with Crippen LogP contribution < -0.4 is 21.7 Å². The van der Waals surface area contributed by atoms with Crippen molar-refractivity contribution < 1.29 is 49.2 Å². The van der Waals surface area contributed by atoms with Gasteiger partial charge in [-0.15, -0.1) is 0 Å². The second kappa shape index (κ2) is 14.4. The molecule has 0 aliphatic carbocycles. The van der Waals surface area contributed by atoms with Crippen molar-refractivity contribution in [3.8, 4) is 0 Å². The van der Waals surface area contributed by atoms with E-state index in [2.05, 4.69) is 10.6 Å². The van der Waals surface area contributed by atoms with Crippen LogP contribution in [0.4, 0.5) is 0 Å². The molecule has 5 atom stereocenters. The molecule has 0 saturated heterocycles. The minimum atomic E-state index is -1.77. The van der Waals surface area contributed by atoms with Crippen molar-refractivity contribution in [3.05, 3.63) is 35.9 Å². The summed E-state index contributed by atoms with van der Waals surface area (Å²) in [7, 11) is 0. The topological polar surface area (TPSA) is 245 Å². The highest BCUT2D eigenvalue weighted by Gasteiger charge is 2.33. The molecule has 0 aliphatic heterocycles. The zero-order valence-corrected chi connectivity index (χ0v) is 19.4. The number of hydrogen-bond donors (Lipinski definition) is 8. The first-order valence-electron chi connectivity index (χ1n) is 10.9. The van der Waals surface area contributed by atoms with Gasteiger partial charge in [0.05, 0.1) is 18.6 Å². The molecule has 14 heteroatoms. The third-order valence-corrected chi connectivity index (χ3v) is 4.98. The maximum absolute atomic E-state index is 13.0. The summed E-state index contributed by atoms with van der Waals surface area (Å²) in [5.41, 5.74) is 6.30. The Labute approximate surface area is 205 Å². The van der Waals surface area contributed by atoms with Crippen molar-refractivity contribution >= 4 is 35.6 Å². The number of nitrogens with two attached hydrogens (primary N) is 1. The van der Waals surface area contributed by atoms with E-state index in [0.717, 1.165) is 6.92 Å². The normalized spacial score (nSPS) is 14.9. The highest BCUT2D eigenvalue weighted by molar-refractivity contribution is 5.95. The lowest BCUT2D eigenvalue weighted by Gasteiger charge is -2.25. The fourth-order valence-corrected chi connectivity index (χ4v) is 3.05. The Hall–Kier alpha value is -4.04. The van der Waals surface area contributed by atoms with Gasteiger partial charge in [-0.05, 0) is 18.9 Å². The third-order valence-electron chi connectivity index (χ3n) is 4.98. The number of carbonyl (C=O) groups excluding carboxylic acids is 3. The van der Waals surface area contributed by atoms with Crippen LogP contribution in [0.5, 0.6) is 0 Å². The lowest BCUT2D eigenvalue weighted by Crippen LogP contribution is -2.59. The minimum absolute atomic E-state index is 0.0864. The van der Waals surface area contributed by atoms with Gasteiger partial charge in [0.15, 0.2) is 6.04 Å². The summed E-state index contributed by atoms with van der Waals surface area (Å²) < 4.78 is 0. The van der Waals surface area contributed by atoms with Gasteiger partial charge in [0.1, 0.15) is 12.1 Å². The van der Waals surface area contributed by atoms with E-state index in [4.69, 9.17) is 21.1 Å². The standard InChI is InChI=1S/C22H30N4O10/c1-11(27)18(22(35)36)26-21(34)15(10-17(30)31)25-20(33)14(9-12-5-3-2-4-6-12)24-19(32)13(23)7-8-16(28)29/h2-6,11,13-15,18,27H,7-10,23H2,1H3,(H,24,32)(H,25,33)(H,26,34)(H,28,29)(H,30,31)(H,35,36). The van der Waals surface area contributed by atoms with Crippen LogP contribution in [0.25, 0.3) is 0 Å². The fourth-order valence-electron chi connectivity index (χ4n) is 3.05. The highest BCUT2D eigenvalue weighted by atomic mass is 16.4. The van der Waals surface area contributed by atoms with Crippen LogP contribution in [0.15, 0.2) is 30.3 Å². The van der Waals surface area contributed by atoms with E-state index in [1.54, 1.807) is 30.3 Å². The van der Waals surface area contributed by atoms with E-state index in [-0.39, 0.29) is 19.3 Å². The van der Waals surface area contributed by atoms with E-state index < -0.39 is 72.3 Å². The fraction of sp³-hybridized carbons (Fsp3) is 0.455. The van der Waals surface area contributed by atoms with Crippen molar-refractivity contribution in [2.24, 2.45) is 5.73 Å². The van der Waals surface area contributed by atoms with Crippen molar-refractivity contribution in [3.63, 3.8) is 0 Å². The van der Waals surface area contributed by atoms with Crippen LogP contribution in [0.3, 0.4) is 0 Å². The smallest absolute Gasteiger partial charge is 0.328 e. The Morgan fingerprint density at radius 2 is 1.39 bits per heavy atom. The molecule has 0 bridgehead atoms. The molecule has 5 unspecified atom stereocenters. The predicted molar refractivity (Wildman–Crippen MR) is 122 cm³/mol. The van der Waals surface area contributed by atoms with Crippen LogP contribution in [0.2, 0.25) is 0 Å². The first-order valence-corrected chi connectivity index (χ1v) is 10.9. The van der Waals surface area contributed by atoms with Crippen LogP contribution >= 0.6 is 0 Å². The van der Waals surface area contributed by atoms with Gasteiger partial charge in [-0.3, -0.25) is 24.0 Å². The van der Waals surface area contributed by atoms with Crippen molar-refractivity contribution in [2.45, 2.75) is 62.9 Å². The number of nitrogens with one attached hydrogen (secondary N) is 3. The number of amides is 3. The molecule has 0 spiro atoms. The molecule has 0 aliphatic rings. The number of aliphatic hydroxyl groups is 1. The van der Waals surface area contributed by atoms with E-state index in [1.165, 1.54) is 0 Å². The molecule has 1 aromatic carbocycles. The molecule has 1 rings (SSSR count). The molecule has 1 aromatic rings. The number of aliphatic carboxylic acids is 3. The van der Waals surface area contributed by atoms with Gasteiger partial charge < -0.3 is 42.1 Å². The number of carbonyl (C=O) groups is 6. The van der Waals surface area contributed by atoms with Gasteiger partial charge in [-0.25, -0.2) is 4.79 Å². The van der Waals surface area contributed by atoms with Crippen LogP contribution in [-0.4, -0.2) is 86.3 Å². The number of aliphatic hydroxyl groups excluding tert-OH is 1. The number of rotatable bonds is 15. The number of carboxylic acids is 3. The van der Waals surface area contributed by atoms with Gasteiger partial charge in [0, 0.05) is 12.8 Å². The molecule has 36 heavy (non-hydrogen) atoms. The largest absolute Gasteiger partial charge is 0.481 e. The maximum atomic E-state index is 13.0. The Bertz CT molecular complexity index is 953.